The lowest BCUT2D eigenvalue weighted by molar-refractivity contribution is 0.673. The number of benzene rings is 9. The average molecular weight is 728 g/mol. The molecule has 4 nitrogen and oxygen atoms in total. The van der Waals surface area contributed by atoms with E-state index in [0.29, 0.717) is 17.5 Å². The monoisotopic (exact) mass is 727 g/mol. The number of nitrogens with zero attached hydrogens (tertiary/aromatic N) is 3. The summed E-state index contributed by atoms with van der Waals surface area (Å²) in [6, 6.07) is 69.8. The number of fused-ring (bicyclic) bond motifs is 6. The van der Waals surface area contributed by atoms with Crippen LogP contribution in [0.2, 0.25) is 0 Å². The Hall–Kier alpha value is -7.69. The molecule has 9 aromatic carbocycles. The molecule has 4 heteroatoms. The smallest absolute Gasteiger partial charge is 0.164 e. The van der Waals surface area contributed by atoms with Crippen LogP contribution in [0.5, 0.6) is 0 Å². The third kappa shape index (κ3) is 5.66. The molecule has 0 atom stereocenters. The molecule has 0 N–H and O–H groups in total. The fraction of sp³-hybridized carbons (Fsp3) is 0. The van der Waals surface area contributed by atoms with Crippen molar-refractivity contribution in [3.8, 4) is 67.5 Å². The zero-order valence-electron chi connectivity index (χ0n) is 30.8. The number of rotatable bonds is 6. The Balaban J connectivity index is 1.15. The van der Waals surface area contributed by atoms with E-state index in [2.05, 4.69) is 176 Å². The second-order valence-electron chi connectivity index (χ2n) is 14.3. The van der Waals surface area contributed by atoms with Gasteiger partial charge in [0.05, 0.1) is 0 Å². The first kappa shape index (κ1) is 32.7. The minimum atomic E-state index is 0.604. The lowest BCUT2D eigenvalue weighted by atomic mass is 9.94. The Bertz CT molecular complexity index is 3260. The second-order valence-corrected chi connectivity index (χ2v) is 14.3. The highest BCUT2D eigenvalue weighted by molar-refractivity contribution is 6.22. The topological polar surface area (TPSA) is 51.8 Å². The third-order valence-electron chi connectivity index (χ3n) is 11.0. The molecule has 0 aliphatic rings. The van der Waals surface area contributed by atoms with Gasteiger partial charge in [0.25, 0.3) is 0 Å². The Kier molecular flexibility index (Phi) is 7.78. The molecular formula is C53H33N3O. The summed E-state index contributed by atoms with van der Waals surface area (Å²) >= 11 is 0. The molecular weight excluding hydrogens is 695 g/mol. The van der Waals surface area contributed by atoms with Gasteiger partial charge in [-0.2, -0.15) is 0 Å². The summed E-state index contributed by atoms with van der Waals surface area (Å²) in [7, 11) is 0. The van der Waals surface area contributed by atoms with Crippen molar-refractivity contribution in [2.24, 2.45) is 0 Å². The van der Waals surface area contributed by atoms with Gasteiger partial charge in [0, 0.05) is 32.8 Å². The van der Waals surface area contributed by atoms with E-state index in [1.807, 2.05) is 24.3 Å². The first-order chi connectivity index (χ1) is 28.3. The van der Waals surface area contributed by atoms with Gasteiger partial charge in [-0.05, 0) is 67.7 Å². The van der Waals surface area contributed by atoms with Crippen molar-refractivity contribution in [3.05, 3.63) is 200 Å². The van der Waals surface area contributed by atoms with Crippen molar-refractivity contribution in [2.75, 3.05) is 0 Å². The Morgan fingerprint density at radius 2 is 0.754 bits per heavy atom. The van der Waals surface area contributed by atoms with E-state index in [-0.39, 0.29) is 0 Å². The van der Waals surface area contributed by atoms with Gasteiger partial charge >= 0.3 is 0 Å². The normalized spacial score (nSPS) is 11.5. The van der Waals surface area contributed by atoms with E-state index in [1.54, 1.807) is 0 Å². The highest BCUT2D eigenvalue weighted by Crippen LogP contribution is 2.43. The van der Waals surface area contributed by atoms with E-state index >= 15 is 0 Å². The van der Waals surface area contributed by atoms with E-state index in [9.17, 15) is 0 Å². The molecule has 0 amide bonds. The first-order valence-corrected chi connectivity index (χ1v) is 19.2. The second kappa shape index (κ2) is 13.6. The van der Waals surface area contributed by atoms with Crippen molar-refractivity contribution < 1.29 is 4.42 Å². The molecule has 0 bridgehead atoms. The van der Waals surface area contributed by atoms with Gasteiger partial charge < -0.3 is 4.42 Å². The Morgan fingerprint density at radius 3 is 1.44 bits per heavy atom. The van der Waals surface area contributed by atoms with Gasteiger partial charge in [-0.3, -0.25) is 0 Å². The largest absolute Gasteiger partial charge is 0.455 e. The maximum Gasteiger partial charge on any atom is 0.164 e. The molecule has 11 rings (SSSR count). The molecule has 2 aromatic heterocycles. The zero-order chi connectivity index (χ0) is 37.7. The van der Waals surface area contributed by atoms with Crippen molar-refractivity contribution in [1.82, 2.24) is 15.0 Å². The number of hydrogen-bond donors (Lipinski definition) is 0. The van der Waals surface area contributed by atoms with Crippen LogP contribution < -0.4 is 0 Å². The van der Waals surface area contributed by atoms with Crippen LogP contribution in [0.4, 0.5) is 0 Å². The van der Waals surface area contributed by atoms with Crippen LogP contribution >= 0.6 is 0 Å². The molecule has 11 aromatic rings. The fourth-order valence-electron chi connectivity index (χ4n) is 8.24. The summed E-state index contributed by atoms with van der Waals surface area (Å²) < 4.78 is 6.74. The molecule has 0 unspecified atom stereocenters. The summed E-state index contributed by atoms with van der Waals surface area (Å²) in [5, 5.41) is 6.32. The summed E-state index contributed by atoms with van der Waals surface area (Å²) in [5.41, 5.74) is 11.4. The minimum absolute atomic E-state index is 0.604. The predicted octanol–water partition coefficient (Wildman–Crippen LogP) is 14.1. The quantitative estimate of drug-likeness (QED) is 0.171. The average Bonchev–Trinajstić information content (AvgIpc) is 3.68. The molecule has 0 fully saturated rings. The summed E-state index contributed by atoms with van der Waals surface area (Å²) in [6.07, 6.45) is 0. The molecule has 0 radical (unpaired) electrons. The van der Waals surface area contributed by atoms with Crippen LogP contribution in [0.15, 0.2) is 205 Å². The van der Waals surface area contributed by atoms with Gasteiger partial charge in [-0.25, -0.2) is 15.0 Å². The highest BCUT2D eigenvalue weighted by Gasteiger charge is 2.21. The lowest BCUT2D eigenvalue weighted by Gasteiger charge is -2.14. The number of aromatic nitrogens is 3. The van der Waals surface area contributed by atoms with E-state index in [4.69, 9.17) is 19.4 Å². The number of furan rings is 1. The van der Waals surface area contributed by atoms with Gasteiger partial charge in [-0.15, -0.1) is 0 Å². The molecule has 57 heavy (non-hydrogen) atoms. The Morgan fingerprint density at radius 1 is 0.281 bits per heavy atom. The molecule has 0 aliphatic carbocycles. The first-order valence-electron chi connectivity index (χ1n) is 19.2. The standard InChI is InChI=1S/C53H33N3O/c1-4-15-34(16-5-1)35-27-29-37(30-28-35)40-25-14-26-48-49(40)47-33-46(43-23-12-13-24-44(43)50(47)57-48)53-55-51(38-19-8-3-9-20-38)54-52(56-53)45-32-31-39(36-17-6-2-7-18-36)41-21-10-11-22-42(41)45/h1-33H. The van der Waals surface area contributed by atoms with Crippen LogP contribution in [-0.2, 0) is 0 Å². The lowest BCUT2D eigenvalue weighted by Crippen LogP contribution is -2.01. The van der Waals surface area contributed by atoms with Crippen molar-refractivity contribution in [1.29, 1.82) is 0 Å². The minimum Gasteiger partial charge on any atom is -0.455 e. The molecule has 0 aliphatic heterocycles. The van der Waals surface area contributed by atoms with Crippen LogP contribution in [0.1, 0.15) is 0 Å². The summed E-state index contributed by atoms with van der Waals surface area (Å²) in [6.45, 7) is 0. The van der Waals surface area contributed by atoms with E-state index in [1.165, 1.54) is 22.3 Å². The summed E-state index contributed by atoms with van der Waals surface area (Å²) in [5.74, 6) is 1.84. The fourth-order valence-corrected chi connectivity index (χ4v) is 8.24. The van der Waals surface area contributed by atoms with Crippen molar-refractivity contribution >= 4 is 43.5 Å². The van der Waals surface area contributed by atoms with Gasteiger partial charge in [0.2, 0.25) is 0 Å². The van der Waals surface area contributed by atoms with Crippen molar-refractivity contribution in [2.45, 2.75) is 0 Å². The molecule has 2 heterocycles. The molecule has 266 valence electrons. The highest BCUT2D eigenvalue weighted by atomic mass is 16.3. The van der Waals surface area contributed by atoms with Crippen LogP contribution in [-0.4, -0.2) is 15.0 Å². The molecule has 0 saturated heterocycles. The molecule has 0 spiro atoms. The maximum atomic E-state index is 6.74. The van der Waals surface area contributed by atoms with Gasteiger partial charge in [-0.1, -0.05) is 182 Å². The van der Waals surface area contributed by atoms with E-state index in [0.717, 1.165) is 71.3 Å². The SMILES string of the molecule is c1ccc(-c2ccc(-c3cccc4oc5c6ccccc6c(-c6nc(-c7ccccc7)nc(-c7ccc(-c8ccccc8)c8ccccc78)n6)cc5c34)cc2)cc1. The van der Waals surface area contributed by atoms with Crippen LogP contribution in [0, 0.1) is 0 Å². The van der Waals surface area contributed by atoms with Gasteiger partial charge in [0.1, 0.15) is 11.2 Å². The predicted molar refractivity (Wildman–Crippen MR) is 235 cm³/mol. The van der Waals surface area contributed by atoms with Gasteiger partial charge in [0.15, 0.2) is 17.5 Å². The summed E-state index contributed by atoms with van der Waals surface area (Å²) in [4.78, 5) is 15.7. The molecule has 0 saturated carbocycles. The maximum absolute atomic E-state index is 6.74. The van der Waals surface area contributed by atoms with E-state index < -0.39 is 0 Å². The third-order valence-corrected chi connectivity index (χ3v) is 11.0. The zero-order valence-corrected chi connectivity index (χ0v) is 30.8. The van der Waals surface area contributed by atoms with Crippen molar-refractivity contribution in [3.63, 3.8) is 0 Å². The number of hydrogen-bond acceptors (Lipinski definition) is 4. The van der Waals surface area contributed by atoms with Crippen LogP contribution in [0.25, 0.3) is 111 Å². The Labute approximate surface area is 329 Å². The van der Waals surface area contributed by atoms with Crippen LogP contribution in [0.3, 0.4) is 0 Å².